The lowest BCUT2D eigenvalue weighted by molar-refractivity contribution is -0.131. The van der Waals surface area contributed by atoms with E-state index < -0.39 is 36.5 Å². The van der Waals surface area contributed by atoms with E-state index in [1.54, 1.807) is 24.3 Å². The number of benzene rings is 2. The summed E-state index contributed by atoms with van der Waals surface area (Å²) in [4.78, 5) is 36.3. The predicted octanol–water partition coefficient (Wildman–Crippen LogP) is -0.107. The zero-order valence-electron chi connectivity index (χ0n) is 17.7. The number of amides is 3. The number of aliphatic hydroxyl groups excluding tert-OH is 2. The first-order valence-electron chi connectivity index (χ1n) is 9.98. The third kappa shape index (κ3) is 9.34. The van der Waals surface area contributed by atoms with Gasteiger partial charge in [0.15, 0.2) is 0 Å². The standard InChI is InChI=1S/C23H25N3O6S/c27-13-19(28)14-33-15-21(29)24-12-20(23(31)26-32)25-22(30)18-10-8-17(9-11-18)7-6-16-4-2-1-3-5-16/h1-5,8-11,19-20,27-28,32H,12-15H2,(H,24,29)(H,25,30)(H,26,31)/t19?,20-/m0/s1. The molecule has 10 heteroatoms. The van der Waals surface area contributed by atoms with E-state index in [1.807, 2.05) is 30.3 Å². The van der Waals surface area contributed by atoms with E-state index in [0.29, 0.717) is 5.56 Å². The molecule has 33 heavy (non-hydrogen) atoms. The van der Waals surface area contributed by atoms with Crippen molar-refractivity contribution in [3.05, 3.63) is 71.3 Å². The van der Waals surface area contributed by atoms with Gasteiger partial charge >= 0.3 is 0 Å². The van der Waals surface area contributed by atoms with Crippen molar-refractivity contribution in [2.75, 3.05) is 24.7 Å². The lowest BCUT2D eigenvalue weighted by Gasteiger charge is -2.17. The molecule has 0 fully saturated rings. The van der Waals surface area contributed by atoms with Gasteiger partial charge in [-0.2, -0.15) is 0 Å². The van der Waals surface area contributed by atoms with Crippen molar-refractivity contribution in [1.82, 2.24) is 16.1 Å². The second-order valence-electron chi connectivity index (χ2n) is 6.85. The van der Waals surface area contributed by atoms with Crippen LogP contribution in [0.5, 0.6) is 0 Å². The average molecular weight is 472 g/mol. The van der Waals surface area contributed by atoms with Gasteiger partial charge < -0.3 is 20.8 Å². The van der Waals surface area contributed by atoms with E-state index in [-0.39, 0.29) is 23.6 Å². The molecule has 0 heterocycles. The molecule has 0 aliphatic heterocycles. The molecule has 0 aromatic heterocycles. The molecular formula is C23H25N3O6S. The minimum Gasteiger partial charge on any atom is -0.394 e. The quantitative estimate of drug-likeness (QED) is 0.161. The molecule has 0 aliphatic rings. The summed E-state index contributed by atoms with van der Waals surface area (Å²) >= 11 is 1.10. The van der Waals surface area contributed by atoms with Crippen LogP contribution in [0.2, 0.25) is 0 Å². The van der Waals surface area contributed by atoms with E-state index in [9.17, 15) is 19.5 Å². The van der Waals surface area contributed by atoms with Gasteiger partial charge in [0.1, 0.15) is 6.04 Å². The van der Waals surface area contributed by atoms with Crippen LogP contribution in [0.1, 0.15) is 21.5 Å². The molecule has 0 radical (unpaired) electrons. The van der Waals surface area contributed by atoms with Crippen molar-refractivity contribution in [2.24, 2.45) is 0 Å². The molecule has 3 amide bonds. The maximum absolute atomic E-state index is 12.5. The molecule has 0 aliphatic carbocycles. The van der Waals surface area contributed by atoms with E-state index >= 15 is 0 Å². The molecule has 2 rings (SSSR count). The third-order valence-electron chi connectivity index (χ3n) is 4.26. The average Bonchev–Trinajstić information content (AvgIpc) is 2.85. The second-order valence-corrected chi connectivity index (χ2v) is 7.88. The van der Waals surface area contributed by atoms with Gasteiger partial charge in [0.05, 0.1) is 18.5 Å². The van der Waals surface area contributed by atoms with Crippen LogP contribution in [0.25, 0.3) is 0 Å². The van der Waals surface area contributed by atoms with Crippen LogP contribution < -0.4 is 16.1 Å². The molecule has 0 saturated carbocycles. The first kappa shape index (κ1) is 25.9. The molecule has 2 atom stereocenters. The number of hydrogen-bond acceptors (Lipinski definition) is 7. The van der Waals surface area contributed by atoms with E-state index in [2.05, 4.69) is 22.5 Å². The molecule has 1 unspecified atom stereocenters. The maximum atomic E-state index is 12.5. The second kappa shape index (κ2) is 13.9. The number of carbonyl (C=O) groups is 3. The lowest BCUT2D eigenvalue weighted by Crippen LogP contribution is -2.52. The number of thioether (sulfide) groups is 1. The van der Waals surface area contributed by atoms with E-state index in [0.717, 1.165) is 17.3 Å². The summed E-state index contributed by atoms with van der Waals surface area (Å²) in [6.07, 6.45) is -0.925. The van der Waals surface area contributed by atoms with Crippen LogP contribution in [0, 0.1) is 11.8 Å². The van der Waals surface area contributed by atoms with Crippen LogP contribution in [-0.4, -0.2) is 69.9 Å². The SMILES string of the molecule is O=C(CSCC(O)CO)NC[C@H](NC(=O)c1ccc(C#Cc2ccccc2)cc1)C(=O)NO. The highest BCUT2D eigenvalue weighted by atomic mass is 32.2. The minimum absolute atomic E-state index is 0.00997. The maximum Gasteiger partial charge on any atom is 0.267 e. The highest BCUT2D eigenvalue weighted by molar-refractivity contribution is 7.99. The summed E-state index contributed by atoms with van der Waals surface area (Å²) in [5.41, 5.74) is 3.31. The van der Waals surface area contributed by atoms with Crippen molar-refractivity contribution in [1.29, 1.82) is 0 Å². The Morgan fingerprint density at radius 3 is 2.21 bits per heavy atom. The highest BCUT2D eigenvalue weighted by Gasteiger charge is 2.22. The van der Waals surface area contributed by atoms with Gasteiger partial charge in [-0.25, -0.2) is 5.48 Å². The molecule has 0 bridgehead atoms. The number of hydrogen-bond donors (Lipinski definition) is 6. The van der Waals surface area contributed by atoms with Crippen LogP contribution in [-0.2, 0) is 9.59 Å². The number of carbonyl (C=O) groups excluding carboxylic acids is 3. The summed E-state index contributed by atoms with van der Waals surface area (Å²) in [5.74, 6) is 4.28. The third-order valence-corrected chi connectivity index (χ3v) is 5.35. The smallest absolute Gasteiger partial charge is 0.267 e. The molecule has 9 nitrogen and oxygen atoms in total. The van der Waals surface area contributed by atoms with Crippen LogP contribution in [0.4, 0.5) is 0 Å². The Balaban J connectivity index is 1.91. The monoisotopic (exact) mass is 471 g/mol. The number of rotatable bonds is 10. The van der Waals surface area contributed by atoms with Crippen molar-refractivity contribution in [2.45, 2.75) is 12.1 Å². The summed E-state index contributed by atoms with van der Waals surface area (Å²) in [6.45, 7) is -0.652. The minimum atomic E-state index is -1.21. The lowest BCUT2D eigenvalue weighted by atomic mass is 10.1. The van der Waals surface area contributed by atoms with E-state index in [4.69, 9.17) is 10.3 Å². The Bertz CT molecular complexity index is 989. The molecule has 174 valence electrons. The van der Waals surface area contributed by atoms with Crippen molar-refractivity contribution in [3.8, 4) is 11.8 Å². The zero-order valence-corrected chi connectivity index (χ0v) is 18.5. The summed E-state index contributed by atoms with van der Waals surface area (Å²) < 4.78 is 0. The Hall–Kier alpha value is -3.36. The molecule has 0 spiro atoms. The largest absolute Gasteiger partial charge is 0.394 e. The van der Waals surface area contributed by atoms with Crippen molar-refractivity contribution in [3.63, 3.8) is 0 Å². The number of hydroxylamine groups is 1. The molecule has 2 aromatic rings. The summed E-state index contributed by atoms with van der Waals surface area (Å²) in [7, 11) is 0. The van der Waals surface area contributed by atoms with Crippen molar-refractivity contribution < 1.29 is 29.8 Å². The Labute approximate surface area is 195 Å². The summed E-state index contributed by atoms with van der Waals surface area (Å²) in [5, 5.41) is 31.9. The van der Waals surface area contributed by atoms with Gasteiger partial charge in [0, 0.05) is 29.0 Å². The zero-order chi connectivity index (χ0) is 24.1. The van der Waals surface area contributed by atoms with Crippen LogP contribution in [0.3, 0.4) is 0 Å². The Morgan fingerprint density at radius 1 is 0.970 bits per heavy atom. The number of nitrogens with one attached hydrogen (secondary N) is 3. The van der Waals surface area contributed by atoms with Crippen LogP contribution in [0.15, 0.2) is 54.6 Å². The van der Waals surface area contributed by atoms with Gasteiger partial charge in [-0.1, -0.05) is 30.0 Å². The van der Waals surface area contributed by atoms with Crippen LogP contribution >= 0.6 is 11.8 Å². The summed E-state index contributed by atoms with van der Waals surface area (Å²) in [6, 6.07) is 14.7. The molecular weight excluding hydrogens is 446 g/mol. The topological polar surface area (TPSA) is 148 Å². The first-order valence-corrected chi connectivity index (χ1v) is 11.1. The van der Waals surface area contributed by atoms with Gasteiger partial charge in [0.25, 0.3) is 11.8 Å². The highest BCUT2D eigenvalue weighted by Crippen LogP contribution is 2.05. The fourth-order valence-corrected chi connectivity index (χ4v) is 3.29. The Kier molecular flexibility index (Phi) is 10.9. The molecule has 6 N–H and O–H groups in total. The molecule has 2 aromatic carbocycles. The van der Waals surface area contributed by atoms with Gasteiger partial charge in [-0.05, 0) is 36.4 Å². The fraction of sp³-hybridized carbons (Fsp3) is 0.261. The van der Waals surface area contributed by atoms with Crippen molar-refractivity contribution >= 4 is 29.5 Å². The van der Waals surface area contributed by atoms with E-state index in [1.165, 1.54) is 5.48 Å². The Morgan fingerprint density at radius 2 is 1.61 bits per heavy atom. The first-order chi connectivity index (χ1) is 15.9. The van der Waals surface area contributed by atoms with Gasteiger partial charge in [-0.15, -0.1) is 11.8 Å². The predicted molar refractivity (Wildman–Crippen MR) is 123 cm³/mol. The van der Waals surface area contributed by atoms with Gasteiger partial charge in [-0.3, -0.25) is 19.6 Å². The molecule has 0 saturated heterocycles. The normalized spacial score (nSPS) is 12.0. The number of aliphatic hydroxyl groups is 2. The fourth-order valence-electron chi connectivity index (χ4n) is 2.51. The van der Waals surface area contributed by atoms with Gasteiger partial charge in [0.2, 0.25) is 5.91 Å².